The molecular weight excluding hydrogens is 322 g/mol. The number of amides is 1. The van der Waals surface area contributed by atoms with Crippen LogP contribution in [0.4, 0.5) is 5.82 Å². The number of aromatic nitrogens is 3. The summed E-state index contributed by atoms with van der Waals surface area (Å²) in [7, 11) is 1.49. The van der Waals surface area contributed by atoms with Gasteiger partial charge in [-0.05, 0) is 30.9 Å². The number of carbonyl (C=O) groups excluding carboxylic acids is 1. The molecule has 3 rings (SSSR count). The average molecular weight is 343 g/mol. The molecule has 25 heavy (non-hydrogen) atoms. The van der Waals surface area contributed by atoms with Crippen molar-refractivity contribution < 1.29 is 4.79 Å². The van der Waals surface area contributed by atoms with Crippen LogP contribution in [-0.4, -0.2) is 40.1 Å². The standard InChI is InChI=1S/C17H21N5O3/c1-21-11-13(16(24)20-17(21)25)15(23)19-9-12-5-4-8-22(10-12)14-6-2-3-7-18-14/h2-3,6-7,11-12H,4-5,8-10H2,1H3,(H,19,23)(H,20,24,25). The molecule has 132 valence electrons. The van der Waals surface area contributed by atoms with Crippen molar-refractivity contribution in [3.8, 4) is 0 Å². The van der Waals surface area contributed by atoms with Crippen molar-refractivity contribution in [3.63, 3.8) is 0 Å². The van der Waals surface area contributed by atoms with Gasteiger partial charge in [0.1, 0.15) is 11.4 Å². The fraction of sp³-hybridized carbons (Fsp3) is 0.412. The topological polar surface area (TPSA) is 100 Å². The molecule has 2 N–H and O–H groups in total. The van der Waals surface area contributed by atoms with Gasteiger partial charge in [-0.2, -0.15) is 0 Å². The van der Waals surface area contributed by atoms with E-state index >= 15 is 0 Å². The van der Waals surface area contributed by atoms with Crippen LogP contribution in [0, 0.1) is 5.92 Å². The summed E-state index contributed by atoms with van der Waals surface area (Å²) in [5.74, 6) is 0.756. The smallest absolute Gasteiger partial charge is 0.328 e. The Bertz CT molecular complexity index is 859. The highest BCUT2D eigenvalue weighted by atomic mass is 16.2. The van der Waals surface area contributed by atoms with Gasteiger partial charge in [0.05, 0.1) is 0 Å². The van der Waals surface area contributed by atoms with Crippen molar-refractivity contribution in [3.05, 3.63) is 57.0 Å². The van der Waals surface area contributed by atoms with Crippen LogP contribution >= 0.6 is 0 Å². The fourth-order valence-electron chi connectivity index (χ4n) is 3.04. The molecule has 0 aromatic carbocycles. The molecule has 0 aliphatic carbocycles. The van der Waals surface area contributed by atoms with E-state index in [0.29, 0.717) is 6.54 Å². The normalized spacial score (nSPS) is 17.3. The number of carbonyl (C=O) groups is 1. The van der Waals surface area contributed by atoms with Gasteiger partial charge in [0.25, 0.3) is 11.5 Å². The molecule has 2 aromatic rings. The third-order valence-electron chi connectivity index (χ3n) is 4.40. The van der Waals surface area contributed by atoms with E-state index in [4.69, 9.17) is 0 Å². The molecule has 1 amide bonds. The predicted molar refractivity (Wildman–Crippen MR) is 93.8 cm³/mol. The SMILES string of the molecule is Cn1cc(C(=O)NCC2CCCN(c3ccccn3)C2)c(=O)[nH]c1=O. The Morgan fingerprint density at radius 1 is 1.40 bits per heavy atom. The lowest BCUT2D eigenvalue weighted by molar-refractivity contribution is 0.0943. The molecule has 8 nitrogen and oxygen atoms in total. The molecule has 1 unspecified atom stereocenters. The van der Waals surface area contributed by atoms with Gasteiger partial charge >= 0.3 is 5.69 Å². The average Bonchev–Trinajstić information content (AvgIpc) is 2.64. The molecule has 1 saturated heterocycles. The fourth-order valence-corrected chi connectivity index (χ4v) is 3.04. The van der Waals surface area contributed by atoms with E-state index in [1.54, 1.807) is 6.20 Å². The molecule has 1 aliphatic rings. The molecule has 2 aromatic heterocycles. The maximum absolute atomic E-state index is 12.3. The van der Waals surface area contributed by atoms with E-state index in [2.05, 4.69) is 20.2 Å². The van der Waals surface area contributed by atoms with E-state index in [9.17, 15) is 14.4 Å². The number of H-pyrrole nitrogens is 1. The summed E-state index contributed by atoms with van der Waals surface area (Å²) >= 11 is 0. The van der Waals surface area contributed by atoms with Crippen LogP contribution in [0.15, 0.2) is 40.2 Å². The van der Waals surface area contributed by atoms with Gasteiger partial charge < -0.3 is 14.8 Å². The zero-order chi connectivity index (χ0) is 17.8. The first kappa shape index (κ1) is 16.9. The van der Waals surface area contributed by atoms with E-state index in [1.165, 1.54) is 17.8 Å². The van der Waals surface area contributed by atoms with Gasteiger partial charge in [0, 0.05) is 39.1 Å². The van der Waals surface area contributed by atoms with Gasteiger partial charge in [-0.25, -0.2) is 9.78 Å². The largest absolute Gasteiger partial charge is 0.356 e. The molecule has 1 atom stereocenters. The van der Waals surface area contributed by atoms with Crippen LogP contribution in [0.1, 0.15) is 23.2 Å². The number of aryl methyl sites for hydroxylation is 1. The van der Waals surface area contributed by atoms with Crippen LogP contribution in [0.5, 0.6) is 0 Å². The maximum atomic E-state index is 12.3. The van der Waals surface area contributed by atoms with E-state index in [-0.39, 0.29) is 11.5 Å². The molecule has 0 radical (unpaired) electrons. The van der Waals surface area contributed by atoms with E-state index in [1.807, 2.05) is 18.2 Å². The molecule has 0 spiro atoms. The van der Waals surface area contributed by atoms with Crippen LogP contribution in [0.25, 0.3) is 0 Å². The van der Waals surface area contributed by atoms with Crippen LogP contribution in [-0.2, 0) is 7.05 Å². The van der Waals surface area contributed by atoms with Crippen molar-refractivity contribution in [2.45, 2.75) is 12.8 Å². The monoisotopic (exact) mass is 343 g/mol. The Kier molecular flexibility index (Phi) is 4.97. The molecule has 0 bridgehead atoms. The molecular formula is C17H21N5O3. The lowest BCUT2D eigenvalue weighted by Gasteiger charge is -2.33. The third-order valence-corrected chi connectivity index (χ3v) is 4.40. The summed E-state index contributed by atoms with van der Waals surface area (Å²) < 4.78 is 1.18. The first-order valence-corrected chi connectivity index (χ1v) is 8.28. The van der Waals surface area contributed by atoms with Crippen LogP contribution in [0.3, 0.4) is 0 Å². The third kappa shape index (κ3) is 3.96. The second kappa shape index (κ2) is 7.33. The Labute approximate surface area is 144 Å². The first-order valence-electron chi connectivity index (χ1n) is 8.28. The Morgan fingerprint density at radius 3 is 3.00 bits per heavy atom. The number of hydrogen-bond acceptors (Lipinski definition) is 5. The maximum Gasteiger partial charge on any atom is 0.328 e. The van der Waals surface area contributed by atoms with Crippen molar-refractivity contribution >= 4 is 11.7 Å². The van der Waals surface area contributed by atoms with Crippen LogP contribution < -0.4 is 21.5 Å². The molecule has 1 aliphatic heterocycles. The highest BCUT2D eigenvalue weighted by Crippen LogP contribution is 2.20. The van der Waals surface area contributed by atoms with Crippen molar-refractivity contribution in [2.75, 3.05) is 24.5 Å². The van der Waals surface area contributed by atoms with Gasteiger partial charge in [-0.3, -0.25) is 14.6 Å². The molecule has 1 fully saturated rings. The van der Waals surface area contributed by atoms with E-state index in [0.717, 1.165) is 31.7 Å². The Balaban J connectivity index is 1.61. The Hall–Kier alpha value is -2.90. The number of aromatic amines is 1. The van der Waals surface area contributed by atoms with Gasteiger partial charge in [0.2, 0.25) is 0 Å². The summed E-state index contributed by atoms with van der Waals surface area (Å²) in [5.41, 5.74) is -1.27. The summed E-state index contributed by atoms with van der Waals surface area (Å²) in [6.45, 7) is 2.23. The molecule has 3 heterocycles. The number of rotatable bonds is 4. The number of pyridine rings is 1. The summed E-state index contributed by atoms with van der Waals surface area (Å²) in [6, 6.07) is 5.82. The molecule has 0 saturated carbocycles. The number of hydrogen-bond donors (Lipinski definition) is 2. The number of nitrogens with one attached hydrogen (secondary N) is 2. The number of piperidine rings is 1. The summed E-state index contributed by atoms with van der Waals surface area (Å²) in [4.78, 5) is 44.1. The minimum absolute atomic E-state index is 0.0560. The lowest BCUT2D eigenvalue weighted by Crippen LogP contribution is -2.42. The highest BCUT2D eigenvalue weighted by Gasteiger charge is 2.22. The highest BCUT2D eigenvalue weighted by molar-refractivity contribution is 5.93. The second-order valence-electron chi connectivity index (χ2n) is 6.27. The van der Waals surface area contributed by atoms with Crippen LogP contribution in [0.2, 0.25) is 0 Å². The van der Waals surface area contributed by atoms with Crippen molar-refractivity contribution in [1.82, 2.24) is 19.9 Å². The zero-order valence-corrected chi connectivity index (χ0v) is 14.1. The first-order chi connectivity index (χ1) is 12.0. The summed E-state index contributed by atoms with van der Waals surface area (Å²) in [6.07, 6.45) is 5.06. The number of anilines is 1. The van der Waals surface area contributed by atoms with Gasteiger partial charge in [-0.1, -0.05) is 6.07 Å². The quantitative estimate of drug-likeness (QED) is 0.821. The lowest BCUT2D eigenvalue weighted by atomic mass is 9.98. The van der Waals surface area contributed by atoms with Crippen molar-refractivity contribution in [1.29, 1.82) is 0 Å². The summed E-state index contributed by atoms with van der Waals surface area (Å²) in [5, 5.41) is 2.81. The number of nitrogens with zero attached hydrogens (tertiary/aromatic N) is 3. The van der Waals surface area contributed by atoms with Crippen molar-refractivity contribution in [2.24, 2.45) is 13.0 Å². The zero-order valence-electron chi connectivity index (χ0n) is 14.1. The minimum atomic E-state index is -0.667. The second-order valence-corrected chi connectivity index (χ2v) is 6.27. The van der Waals surface area contributed by atoms with Gasteiger partial charge in [-0.15, -0.1) is 0 Å². The minimum Gasteiger partial charge on any atom is -0.356 e. The van der Waals surface area contributed by atoms with E-state index < -0.39 is 17.2 Å². The Morgan fingerprint density at radius 2 is 2.24 bits per heavy atom. The van der Waals surface area contributed by atoms with Gasteiger partial charge in [0.15, 0.2) is 0 Å². The predicted octanol–water partition coefficient (Wildman–Crippen LogP) is 0.115. The molecule has 8 heteroatoms.